The number of anilines is 3. The van der Waals surface area contributed by atoms with E-state index in [1.165, 1.54) is 11.9 Å². The largest absolute Gasteiger partial charge is 0.362 e. The minimum absolute atomic E-state index is 0.0318. The molecule has 0 atom stereocenters. The Hall–Kier alpha value is -2.70. The van der Waals surface area contributed by atoms with Gasteiger partial charge in [0.25, 0.3) is 0 Å². The quantitative estimate of drug-likeness (QED) is 0.554. The molecule has 0 aliphatic carbocycles. The maximum absolute atomic E-state index is 11.4. The summed E-state index contributed by atoms with van der Waals surface area (Å²) in [4.78, 5) is 19.0. The lowest BCUT2D eigenvalue weighted by Crippen LogP contribution is -2.14. The molecular formula is C17H23N5O2. The summed E-state index contributed by atoms with van der Waals surface area (Å²) < 4.78 is 0. The molecule has 0 aliphatic heterocycles. The van der Waals surface area contributed by atoms with Gasteiger partial charge in [-0.05, 0) is 44.4 Å². The summed E-state index contributed by atoms with van der Waals surface area (Å²) in [6.45, 7) is 5.95. The van der Waals surface area contributed by atoms with Gasteiger partial charge < -0.3 is 10.6 Å². The SMILES string of the molecule is CCCCc1ccc(Nc2ncnc(NC(C)C)c2[N+](=O)[O-])cc1. The van der Waals surface area contributed by atoms with E-state index in [-0.39, 0.29) is 23.4 Å². The highest BCUT2D eigenvalue weighted by Crippen LogP contribution is 2.31. The predicted octanol–water partition coefficient (Wildman–Crippen LogP) is 4.29. The lowest BCUT2D eigenvalue weighted by molar-refractivity contribution is -0.383. The summed E-state index contributed by atoms with van der Waals surface area (Å²) in [6, 6.07) is 7.90. The van der Waals surface area contributed by atoms with Gasteiger partial charge in [-0.15, -0.1) is 0 Å². The van der Waals surface area contributed by atoms with E-state index in [1.54, 1.807) is 0 Å². The normalized spacial score (nSPS) is 10.7. The highest BCUT2D eigenvalue weighted by molar-refractivity contribution is 5.73. The average molecular weight is 329 g/mol. The zero-order valence-electron chi connectivity index (χ0n) is 14.2. The Morgan fingerprint density at radius 1 is 1.17 bits per heavy atom. The fraction of sp³-hybridized carbons (Fsp3) is 0.412. The van der Waals surface area contributed by atoms with Gasteiger partial charge in [-0.2, -0.15) is 0 Å². The van der Waals surface area contributed by atoms with Gasteiger partial charge in [-0.3, -0.25) is 10.1 Å². The van der Waals surface area contributed by atoms with Gasteiger partial charge >= 0.3 is 5.69 Å². The number of benzene rings is 1. The Morgan fingerprint density at radius 3 is 2.42 bits per heavy atom. The molecule has 1 aromatic heterocycles. The molecule has 2 rings (SSSR count). The van der Waals surface area contributed by atoms with Crippen LogP contribution < -0.4 is 10.6 Å². The van der Waals surface area contributed by atoms with Gasteiger partial charge in [-0.25, -0.2) is 9.97 Å². The molecule has 0 spiro atoms. The van der Waals surface area contributed by atoms with Crippen LogP contribution in [0.2, 0.25) is 0 Å². The third kappa shape index (κ3) is 4.65. The summed E-state index contributed by atoms with van der Waals surface area (Å²) in [6.07, 6.45) is 4.65. The Kier molecular flexibility index (Phi) is 6.06. The van der Waals surface area contributed by atoms with Crippen molar-refractivity contribution in [2.45, 2.75) is 46.1 Å². The standard InChI is InChI=1S/C17H23N5O2/c1-4-5-6-13-7-9-14(10-8-13)21-17-15(22(23)24)16(18-11-19-17)20-12(2)3/h7-12H,4-6H2,1-3H3,(H2,18,19,20,21). The first-order valence-corrected chi connectivity index (χ1v) is 8.13. The molecule has 2 aromatic rings. The second-order valence-electron chi connectivity index (χ2n) is 5.90. The van der Waals surface area contributed by atoms with Crippen molar-refractivity contribution in [2.75, 3.05) is 10.6 Å². The van der Waals surface area contributed by atoms with E-state index in [9.17, 15) is 10.1 Å². The van der Waals surface area contributed by atoms with Crippen molar-refractivity contribution in [1.29, 1.82) is 0 Å². The third-order valence-corrected chi connectivity index (χ3v) is 3.47. The number of aromatic nitrogens is 2. The molecule has 0 unspecified atom stereocenters. The lowest BCUT2D eigenvalue weighted by Gasteiger charge is -2.12. The van der Waals surface area contributed by atoms with Gasteiger partial charge in [0.1, 0.15) is 6.33 Å². The first-order chi connectivity index (χ1) is 11.5. The summed E-state index contributed by atoms with van der Waals surface area (Å²) in [5.74, 6) is 0.395. The predicted molar refractivity (Wildman–Crippen MR) is 95.8 cm³/mol. The van der Waals surface area contributed by atoms with Crippen molar-refractivity contribution in [2.24, 2.45) is 0 Å². The molecule has 128 valence electrons. The van der Waals surface area contributed by atoms with Crippen molar-refractivity contribution in [3.8, 4) is 0 Å². The van der Waals surface area contributed by atoms with Crippen LogP contribution in [-0.4, -0.2) is 20.9 Å². The van der Waals surface area contributed by atoms with Gasteiger partial charge in [-0.1, -0.05) is 25.5 Å². The number of nitrogens with zero attached hydrogens (tertiary/aromatic N) is 3. The first-order valence-electron chi connectivity index (χ1n) is 8.13. The molecule has 1 aromatic carbocycles. The van der Waals surface area contributed by atoms with Gasteiger partial charge in [0.2, 0.25) is 11.6 Å². The smallest absolute Gasteiger partial charge is 0.353 e. The van der Waals surface area contributed by atoms with E-state index in [4.69, 9.17) is 0 Å². The minimum atomic E-state index is -0.470. The van der Waals surface area contributed by atoms with Crippen LogP contribution in [0.15, 0.2) is 30.6 Å². The second-order valence-corrected chi connectivity index (χ2v) is 5.90. The Bertz CT molecular complexity index is 686. The third-order valence-electron chi connectivity index (χ3n) is 3.47. The van der Waals surface area contributed by atoms with Crippen LogP contribution in [-0.2, 0) is 6.42 Å². The van der Waals surface area contributed by atoms with E-state index < -0.39 is 4.92 Å². The molecule has 2 N–H and O–H groups in total. The zero-order valence-corrected chi connectivity index (χ0v) is 14.2. The molecule has 0 bridgehead atoms. The number of nitro groups is 1. The number of hydrogen-bond acceptors (Lipinski definition) is 6. The van der Waals surface area contributed by atoms with Crippen LogP contribution in [0, 0.1) is 10.1 Å². The molecule has 0 saturated carbocycles. The van der Waals surface area contributed by atoms with Crippen molar-refractivity contribution < 1.29 is 4.92 Å². The maximum Gasteiger partial charge on any atom is 0.353 e. The molecule has 1 heterocycles. The molecule has 0 radical (unpaired) electrons. The molecule has 0 saturated heterocycles. The van der Waals surface area contributed by atoms with Crippen LogP contribution in [0.1, 0.15) is 39.2 Å². The molecule has 7 heteroatoms. The zero-order chi connectivity index (χ0) is 17.5. The molecule has 7 nitrogen and oxygen atoms in total. The fourth-order valence-corrected chi connectivity index (χ4v) is 2.29. The van der Waals surface area contributed by atoms with Crippen LogP contribution in [0.4, 0.5) is 23.0 Å². The number of aryl methyl sites for hydroxylation is 1. The Balaban J connectivity index is 2.24. The summed E-state index contributed by atoms with van der Waals surface area (Å²) in [5.41, 5.74) is 1.86. The van der Waals surface area contributed by atoms with Crippen LogP contribution >= 0.6 is 0 Å². The van der Waals surface area contributed by atoms with Gasteiger partial charge in [0.05, 0.1) is 4.92 Å². The number of unbranched alkanes of at least 4 members (excludes halogenated alkanes) is 1. The van der Waals surface area contributed by atoms with Crippen LogP contribution in [0.25, 0.3) is 0 Å². The van der Waals surface area contributed by atoms with Crippen LogP contribution in [0.3, 0.4) is 0 Å². The second kappa shape index (κ2) is 8.24. The highest BCUT2D eigenvalue weighted by Gasteiger charge is 2.23. The van der Waals surface area contributed by atoms with Crippen LogP contribution in [0.5, 0.6) is 0 Å². The average Bonchev–Trinajstić information content (AvgIpc) is 2.53. The number of nitrogens with one attached hydrogen (secondary N) is 2. The Labute approximate surface area is 141 Å². The molecule has 0 amide bonds. The van der Waals surface area contributed by atoms with Crippen molar-refractivity contribution in [3.63, 3.8) is 0 Å². The van der Waals surface area contributed by atoms with Gasteiger partial charge in [0, 0.05) is 11.7 Å². The first kappa shape index (κ1) is 17.7. The minimum Gasteiger partial charge on any atom is -0.362 e. The topological polar surface area (TPSA) is 93.0 Å². The summed E-state index contributed by atoms with van der Waals surface area (Å²) in [7, 11) is 0. The van der Waals surface area contributed by atoms with E-state index in [1.807, 2.05) is 38.1 Å². The van der Waals surface area contributed by atoms with Gasteiger partial charge in [0.15, 0.2) is 0 Å². The molecule has 0 aliphatic rings. The Morgan fingerprint density at radius 2 is 1.83 bits per heavy atom. The van der Waals surface area contributed by atoms with Crippen molar-refractivity contribution in [3.05, 3.63) is 46.3 Å². The summed E-state index contributed by atoms with van der Waals surface area (Å²) in [5, 5.41) is 17.4. The number of rotatable bonds is 8. The van der Waals surface area contributed by atoms with E-state index in [2.05, 4.69) is 27.5 Å². The van der Waals surface area contributed by atoms with Crippen molar-refractivity contribution in [1.82, 2.24) is 9.97 Å². The monoisotopic (exact) mass is 329 g/mol. The van der Waals surface area contributed by atoms with E-state index >= 15 is 0 Å². The van der Waals surface area contributed by atoms with Crippen molar-refractivity contribution >= 4 is 23.0 Å². The lowest BCUT2D eigenvalue weighted by atomic mass is 10.1. The molecule has 24 heavy (non-hydrogen) atoms. The summed E-state index contributed by atoms with van der Waals surface area (Å²) >= 11 is 0. The maximum atomic E-state index is 11.4. The molecular weight excluding hydrogens is 306 g/mol. The fourth-order valence-electron chi connectivity index (χ4n) is 2.29. The highest BCUT2D eigenvalue weighted by atomic mass is 16.6. The van der Waals surface area contributed by atoms with E-state index in [0.29, 0.717) is 0 Å². The molecule has 0 fully saturated rings. The van der Waals surface area contributed by atoms with E-state index in [0.717, 1.165) is 24.9 Å². The number of hydrogen-bond donors (Lipinski definition) is 2.